The lowest BCUT2D eigenvalue weighted by Gasteiger charge is -2.25. The van der Waals surface area contributed by atoms with Crippen LogP contribution in [0, 0.1) is 0 Å². The molecule has 3 unspecified atom stereocenters. The molecule has 55 heavy (non-hydrogen) atoms. The molecule has 318 valence electrons. The molecule has 0 amide bonds. The lowest BCUT2D eigenvalue weighted by atomic mass is 10.1. The van der Waals surface area contributed by atoms with E-state index in [1.165, 1.54) is 43.5 Å². The van der Waals surface area contributed by atoms with Crippen LogP contribution >= 0.6 is 0 Å². The number of halogens is 3. The highest BCUT2D eigenvalue weighted by Crippen LogP contribution is 2.25. The highest BCUT2D eigenvalue weighted by atomic mass is 32.2. The van der Waals surface area contributed by atoms with Gasteiger partial charge in [-0.05, 0) is 83.0 Å². The first kappa shape index (κ1) is 52.4. The van der Waals surface area contributed by atoms with Crippen LogP contribution in [-0.2, 0) is 30.7 Å². The van der Waals surface area contributed by atoms with E-state index in [0.29, 0.717) is 36.7 Å². The first-order valence-electron chi connectivity index (χ1n) is 19.7. The van der Waals surface area contributed by atoms with Crippen LogP contribution in [0.4, 0.5) is 13.2 Å². The molecule has 0 aromatic heterocycles. The van der Waals surface area contributed by atoms with Crippen LogP contribution in [-0.4, -0.2) is 78.1 Å². The van der Waals surface area contributed by atoms with Gasteiger partial charge < -0.3 is 14.8 Å². The van der Waals surface area contributed by atoms with Gasteiger partial charge in [-0.25, -0.2) is 8.42 Å². The molecule has 0 aliphatic rings. The quantitative estimate of drug-likeness (QED) is 0.0375. The van der Waals surface area contributed by atoms with Crippen molar-refractivity contribution in [3.05, 3.63) is 59.7 Å². The topological polar surface area (TPSA) is 111 Å². The lowest BCUT2D eigenvalue weighted by molar-refractivity contribution is -0.0596. The van der Waals surface area contributed by atoms with E-state index in [9.17, 15) is 21.6 Å². The Morgan fingerprint density at radius 3 is 1.60 bits per heavy atom. The summed E-state index contributed by atoms with van der Waals surface area (Å²) in [7, 11) is 7.55. The summed E-state index contributed by atoms with van der Waals surface area (Å²) in [5.41, 5.74) is 2.37. The van der Waals surface area contributed by atoms with E-state index in [-0.39, 0.29) is 24.1 Å². The molecule has 3 atom stereocenters. The smallest absolute Gasteiger partial charge is 0.437 e. The zero-order chi connectivity index (χ0) is 41.3. The molecular formula is C40H69F3N4O6S2. The average Bonchev–Trinajstić information content (AvgIpc) is 3.16. The summed E-state index contributed by atoms with van der Waals surface area (Å²) in [6, 6.07) is 12.8. The summed E-state index contributed by atoms with van der Waals surface area (Å²) in [6.45, 7) is 8.95. The first-order chi connectivity index (χ1) is 26.5. The Kier molecular flexibility index (Phi) is 32.0. The van der Waals surface area contributed by atoms with Crippen LogP contribution in [0.5, 0.6) is 11.5 Å². The maximum Gasteiger partial charge on any atom is 0.437 e. The van der Waals surface area contributed by atoms with Crippen LogP contribution in [0.25, 0.3) is 0 Å². The zero-order valence-electron chi connectivity index (χ0n) is 34.5. The number of hydrogen-bond donors (Lipinski definition) is 2. The fraction of sp³-hybridized carbons (Fsp3) is 0.675. The van der Waals surface area contributed by atoms with Crippen LogP contribution in [0.1, 0.15) is 128 Å². The molecule has 0 spiro atoms. The number of hydroxylamine groups is 1. The minimum Gasteiger partial charge on any atom is -0.493 e. The third-order valence-corrected chi connectivity index (χ3v) is 9.50. The molecular weight excluding hydrogens is 754 g/mol. The van der Waals surface area contributed by atoms with Crippen molar-refractivity contribution in [2.45, 2.75) is 124 Å². The number of unbranched alkanes of at least 4 members (excludes halogenated alkanes) is 10. The first-order valence-corrected chi connectivity index (χ1v) is 22.2. The average molecular weight is 823 g/mol. The monoisotopic (exact) mass is 822 g/mol. The van der Waals surface area contributed by atoms with Crippen molar-refractivity contribution in [3.63, 3.8) is 0 Å². The largest absolute Gasteiger partial charge is 0.493 e. The second kappa shape index (κ2) is 33.6. The highest BCUT2D eigenvalue weighted by Gasteiger charge is 2.38. The Hall–Kier alpha value is -2.56. The van der Waals surface area contributed by atoms with Crippen molar-refractivity contribution < 1.29 is 39.6 Å². The summed E-state index contributed by atoms with van der Waals surface area (Å²) in [5, 5.41) is 5.96. The van der Waals surface area contributed by atoms with E-state index in [1.54, 1.807) is 0 Å². The van der Waals surface area contributed by atoms with Gasteiger partial charge in [-0.2, -0.15) is 22.9 Å². The van der Waals surface area contributed by atoms with E-state index in [4.69, 9.17) is 18.0 Å². The minimum absolute atomic E-state index is 0.135. The molecule has 2 aromatic rings. The Morgan fingerprint density at radius 1 is 0.709 bits per heavy atom. The van der Waals surface area contributed by atoms with Crippen molar-refractivity contribution in [3.8, 4) is 11.5 Å². The van der Waals surface area contributed by atoms with Crippen LogP contribution in [0.2, 0.25) is 0 Å². The summed E-state index contributed by atoms with van der Waals surface area (Å²) >= 11 is -3.35. The van der Waals surface area contributed by atoms with Crippen molar-refractivity contribution in [1.82, 2.24) is 15.7 Å². The van der Waals surface area contributed by atoms with Gasteiger partial charge >= 0.3 is 6.18 Å². The number of benzene rings is 2. The Labute approximate surface area is 334 Å². The summed E-state index contributed by atoms with van der Waals surface area (Å²) in [4.78, 5) is 1.92. The molecule has 0 saturated heterocycles. The summed E-state index contributed by atoms with van der Waals surface area (Å²) < 4.78 is 87.0. The number of alkyl halides is 3. The van der Waals surface area contributed by atoms with Crippen LogP contribution in [0.15, 0.2) is 53.7 Å². The fourth-order valence-corrected chi connectivity index (χ4v) is 6.29. The fourth-order valence-electron chi connectivity index (χ4n) is 4.89. The molecule has 15 heteroatoms. The predicted molar refractivity (Wildman–Crippen MR) is 222 cm³/mol. The molecule has 0 saturated carbocycles. The normalized spacial score (nSPS) is 13.2. The molecule has 0 aliphatic carbocycles. The second-order valence-corrected chi connectivity index (χ2v) is 15.1. The number of nitrogens with zero attached hydrogens (tertiary/aromatic N) is 2. The maximum absolute atomic E-state index is 13.7. The maximum atomic E-state index is 13.7. The number of nitrogens with one attached hydrogen (secondary N) is 2. The standard InChI is InChI=1S/C36H56F3N3O6S2.C2H7N.C2H6/c1-5-7-9-11-13-15-28-49(43)47-40-34(36(37,38)39)30-18-22-32(23-19-30)45-26-17-27-46-33-24-20-31(21-25-33)35(42(3)4)41-48-50(44)29-16-14-12-10-8-6-2;1-3-2;1-2/h18-25,35,41H,5-17,26-29H2,1-4H3;3H,1-2H3;1-2H3/b40-34-;;. The van der Waals surface area contributed by atoms with Crippen LogP contribution in [0.3, 0.4) is 0 Å². The third-order valence-electron chi connectivity index (χ3n) is 7.73. The van der Waals surface area contributed by atoms with Crippen molar-refractivity contribution in [2.75, 3.05) is 52.9 Å². The van der Waals surface area contributed by atoms with E-state index >= 15 is 0 Å². The molecule has 0 fully saturated rings. The van der Waals surface area contributed by atoms with Crippen LogP contribution < -0.4 is 20.3 Å². The second-order valence-electron chi connectivity index (χ2n) is 12.8. The predicted octanol–water partition coefficient (Wildman–Crippen LogP) is 9.81. The number of hydrogen-bond acceptors (Lipinski definition) is 10. The van der Waals surface area contributed by atoms with Gasteiger partial charge in [-0.3, -0.25) is 9.18 Å². The lowest BCUT2D eigenvalue weighted by Crippen LogP contribution is -2.34. The molecule has 0 bridgehead atoms. The SMILES string of the molecule is CC.CCCCCCCCS(=O)O/N=C(/c1ccc(OCCCOc2ccc(C(NOS(=O)CCCCCCCC)N(C)C)cc2)cc1)C(F)(F)F.CNC. The van der Waals surface area contributed by atoms with E-state index in [2.05, 4.69) is 29.8 Å². The Morgan fingerprint density at radius 2 is 1.15 bits per heavy atom. The third kappa shape index (κ3) is 26.1. The molecule has 0 radical (unpaired) electrons. The van der Waals surface area contributed by atoms with Gasteiger partial charge in [0.15, 0.2) is 16.8 Å². The number of oxime groups is 1. The number of ether oxygens (including phenoxy) is 2. The van der Waals surface area contributed by atoms with Gasteiger partial charge in [-0.1, -0.05) is 109 Å². The van der Waals surface area contributed by atoms with Gasteiger partial charge in [-0.15, -0.1) is 0 Å². The molecule has 10 nitrogen and oxygen atoms in total. The summed E-state index contributed by atoms with van der Waals surface area (Å²) in [5.74, 6) is 1.69. The summed E-state index contributed by atoms with van der Waals surface area (Å²) in [6.07, 6.45) is 7.95. The van der Waals surface area contributed by atoms with Gasteiger partial charge in [0, 0.05) is 12.0 Å². The minimum atomic E-state index is -4.78. The molecule has 2 N–H and O–H groups in total. The van der Waals surface area contributed by atoms with E-state index in [0.717, 1.165) is 56.9 Å². The van der Waals surface area contributed by atoms with Crippen molar-refractivity contribution >= 4 is 27.9 Å². The zero-order valence-corrected chi connectivity index (χ0v) is 36.1. The van der Waals surface area contributed by atoms with Crippen molar-refractivity contribution in [2.24, 2.45) is 5.16 Å². The molecule has 2 aromatic carbocycles. The Bertz CT molecular complexity index is 1290. The van der Waals surface area contributed by atoms with Gasteiger partial charge in [0.05, 0.1) is 24.7 Å². The van der Waals surface area contributed by atoms with Gasteiger partial charge in [0.1, 0.15) is 17.7 Å². The van der Waals surface area contributed by atoms with Crippen molar-refractivity contribution in [1.29, 1.82) is 0 Å². The van der Waals surface area contributed by atoms with Gasteiger partial charge in [0.25, 0.3) is 0 Å². The Balaban J connectivity index is 0.00000554. The number of rotatable bonds is 28. The molecule has 0 heterocycles. The molecule has 0 aliphatic heterocycles. The van der Waals surface area contributed by atoms with Gasteiger partial charge in [0.2, 0.25) is 11.1 Å². The van der Waals surface area contributed by atoms with E-state index in [1.807, 2.05) is 71.2 Å². The van der Waals surface area contributed by atoms with E-state index < -0.39 is 34.0 Å². The molecule has 2 rings (SSSR count). The highest BCUT2D eigenvalue weighted by molar-refractivity contribution is 7.80.